The molecule has 3 rings (SSSR count). The number of fused-ring (bicyclic) bond motifs is 1. The maximum Gasteiger partial charge on any atom is 0.104 e. The van der Waals surface area contributed by atoms with Crippen molar-refractivity contribution in [3.63, 3.8) is 0 Å². The molecule has 1 aromatic carbocycles. The first-order chi connectivity index (χ1) is 8.70. The van der Waals surface area contributed by atoms with Crippen LogP contribution in [0.4, 0.5) is 5.69 Å². The Balaban J connectivity index is 1.76. The van der Waals surface area contributed by atoms with E-state index in [4.69, 9.17) is 0 Å². The van der Waals surface area contributed by atoms with Crippen LogP contribution in [0.3, 0.4) is 0 Å². The summed E-state index contributed by atoms with van der Waals surface area (Å²) in [4.78, 5) is 7.63. The average Bonchev–Trinajstić information content (AvgIpc) is 2.71. The van der Waals surface area contributed by atoms with E-state index in [0.29, 0.717) is 6.04 Å². The molecule has 0 radical (unpaired) electrons. The molecule has 18 heavy (non-hydrogen) atoms. The lowest BCUT2D eigenvalue weighted by Crippen LogP contribution is -2.29. The lowest BCUT2D eigenvalue weighted by atomic mass is 10.1. The average molecular weight is 263 g/mol. The zero-order valence-corrected chi connectivity index (χ0v) is 11.2. The Labute approximate surface area is 109 Å². The third-order valence-electron chi connectivity index (χ3n) is 3.36. The van der Waals surface area contributed by atoms with Gasteiger partial charge < -0.3 is 10.3 Å². The number of aryl methyl sites for hydroxylation is 1. The number of hydrogen-bond acceptors (Lipinski definition) is 3. The predicted molar refractivity (Wildman–Crippen MR) is 75.4 cm³/mol. The fourth-order valence-corrected chi connectivity index (χ4v) is 3.70. The van der Waals surface area contributed by atoms with Crippen LogP contribution in [0.25, 0.3) is 11.0 Å². The van der Waals surface area contributed by atoms with E-state index < -0.39 is 10.8 Å². The summed E-state index contributed by atoms with van der Waals surface area (Å²) >= 11 is 0. The number of nitrogens with zero attached hydrogens (tertiary/aromatic N) is 1. The molecular formula is C13H17N3OS. The Bertz CT molecular complexity index is 583. The van der Waals surface area contributed by atoms with Gasteiger partial charge in [0.25, 0.3) is 0 Å². The largest absolute Gasteiger partial charge is 0.382 e. The van der Waals surface area contributed by atoms with Crippen molar-refractivity contribution in [2.45, 2.75) is 25.8 Å². The van der Waals surface area contributed by atoms with Crippen molar-refractivity contribution in [1.82, 2.24) is 9.97 Å². The van der Waals surface area contributed by atoms with Gasteiger partial charge in [-0.15, -0.1) is 0 Å². The monoisotopic (exact) mass is 263 g/mol. The molecule has 2 aromatic rings. The topological polar surface area (TPSA) is 57.8 Å². The van der Waals surface area contributed by atoms with Gasteiger partial charge in [0.2, 0.25) is 0 Å². The molecule has 0 saturated carbocycles. The molecule has 2 N–H and O–H groups in total. The molecule has 1 saturated heterocycles. The molecule has 0 unspecified atom stereocenters. The Morgan fingerprint density at radius 2 is 2.17 bits per heavy atom. The molecule has 5 heteroatoms. The van der Waals surface area contributed by atoms with Crippen LogP contribution in [0, 0.1) is 6.92 Å². The van der Waals surface area contributed by atoms with Crippen LogP contribution >= 0.6 is 0 Å². The van der Waals surface area contributed by atoms with Gasteiger partial charge in [-0.3, -0.25) is 4.21 Å². The second kappa shape index (κ2) is 4.72. The number of nitrogens with one attached hydrogen (secondary N) is 2. The van der Waals surface area contributed by atoms with Gasteiger partial charge in [-0.1, -0.05) is 0 Å². The number of hydrogen-bond donors (Lipinski definition) is 2. The number of anilines is 1. The van der Waals surface area contributed by atoms with E-state index in [2.05, 4.69) is 27.4 Å². The molecule has 0 atom stereocenters. The van der Waals surface area contributed by atoms with Crippen LogP contribution in [0.2, 0.25) is 0 Å². The van der Waals surface area contributed by atoms with Crippen molar-refractivity contribution >= 4 is 27.5 Å². The van der Waals surface area contributed by atoms with Gasteiger partial charge in [-0.2, -0.15) is 0 Å². The van der Waals surface area contributed by atoms with Crippen molar-refractivity contribution < 1.29 is 4.21 Å². The van der Waals surface area contributed by atoms with E-state index in [1.54, 1.807) is 0 Å². The molecule has 1 aliphatic heterocycles. The SMILES string of the molecule is Cc1nc2ccc(NC3CCS(=O)CC3)cc2[nH]1. The van der Waals surface area contributed by atoms with Crippen LogP contribution in [-0.2, 0) is 10.8 Å². The Morgan fingerprint density at radius 1 is 1.39 bits per heavy atom. The van der Waals surface area contributed by atoms with Gasteiger partial charge >= 0.3 is 0 Å². The molecule has 1 fully saturated rings. The molecule has 96 valence electrons. The zero-order valence-electron chi connectivity index (χ0n) is 10.4. The maximum atomic E-state index is 11.3. The molecule has 1 aromatic heterocycles. The van der Waals surface area contributed by atoms with Crippen LogP contribution in [-0.4, -0.2) is 31.7 Å². The molecule has 0 bridgehead atoms. The van der Waals surface area contributed by atoms with Gasteiger partial charge in [-0.25, -0.2) is 4.98 Å². The Hall–Kier alpha value is -1.36. The van der Waals surface area contributed by atoms with Crippen molar-refractivity contribution in [2.24, 2.45) is 0 Å². The minimum absolute atomic E-state index is 0.448. The number of aromatic nitrogens is 2. The minimum Gasteiger partial charge on any atom is -0.382 e. The first-order valence-corrected chi connectivity index (χ1v) is 7.77. The van der Waals surface area contributed by atoms with Crippen molar-refractivity contribution in [3.8, 4) is 0 Å². The number of imidazole rings is 1. The Kier molecular flexibility index (Phi) is 3.07. The van der Waals surface area contributed by atoms with Gasteiger partial charge in [0.05, 0.1) is 11.0 Å². The summed E-state index contributed by atoms with van der Waals surface area (Å²) in [6.07, 6.45) is 1.99. The third kappa shape index (κ3) is 2.41. The summed E-state index contributed by atoms with van der Waals surface area (Å²) in [7, 11) is -0.594. The van der Waals surface area contributed by atoms with Crippen LogP contribution in [0.15, 0.2) is 18.2 Å². The van der Waals surface area contributed by atoms with Crippen molar-refractivity contribution in [1.29, 1.82) is 0 Å². The van der Waals surface area contributed by atoms with E-state index in [9.17, 15) is 4.21 Å². The normalized spacial score (nSPS) is 24.3. The quantitative estimate of drug-likeness (QED) is 0.873. The standard InChI is InChI=1S/C13H17N3OS/c1-9-14-12-3-2-11(8-13(12)15-9)16-10-4-6-18(17)7-5-10/h2-3,8,10,16H,4-7H2,1H3,(H,14,15). The van der Waals surface area contributed by atoms with Crippen molar-refractivity contribution in [3.05, 3.63) is 24.0 Å². The molecule has 0 amide bonds. The fraction of sp³-hybridized carbons (Fsp3) is 0.462. The summed E-state index contributed by atoms with van der Waals surface area (Å²) < 4.78 is 11.3. The van der Waals surface area contributed by atoms with E-state index in [1.165, 1.54) is 0 Å². The predicted octanol–water partition coefficient (Wildman–Crippen LogP) is 2.19. The smallest absolute Gasteiger partial charge is 0.104 e. The van der Waals surface area contributed by atoms with E-state index >= 15 is 0 Å². The number of H-pyrrole nitrogens is 1. The zero-order chi connectivity index (χ0) is 12.5. The first kappa shape index (κ1) is 11.7. The van der Waals surface area contributed by atoms with Crippen LogP contribution < -0.4 is 5.32 Å². The van der Waals surface area contributed by atoms with Gasteiger partial charge in [0.15, 0.2) is 0 Å². The van der Waals surface area contributed by atoms with Crippen LogP contribution in [0.5, 0.6) is 0 Å². The molecule has 1 aliphatic rings. The maximum absolute atomic E-state index is 11.3. The van der Waals surface area contributed by atoms with E-state index in [0.717, 1.165) is 46.9 Å². The summed E-state index contributed by atoms with van der Waals surface area (Å²) in [5, 5.41) is 3.52. The van der Waals surface area contributed by atoms with Gasteiger partial charge in [-0.05, 0) is 38.0 Å². The second-order valence-electron chi connectivity index (χ2n) is 4.82. The molecule has 0 spiro atoms. The molecule has 0 aliphatic carbocycles. The first-order valence-electron chi connectivity index (χ1n) is 6.28. The summed E-state index contributed by atoms with van der Waals surface area (Å²) in [5.41, 5.74) is 3.18. The highest BCUT2D eigenvalue weighted by atomic mass is 32.2. The third-order valence-corrected chi connectivity index (χ3v) is 4.74. The minimum atomic E-state index is -0.594. The van der Waals surface area contributed by atoms with E-state index in [1.807, 2.05) is 13.0 Å². The fourth-order valence-electron chi connectivity index (χ4n) is 2.40. The molecule has 4 nitrogen and oxygen atoms in total. The number of rotatable bonds is 2. The second-order valence-corrected chi connectivity index (χ2v) is 6.52. The lowest BCUT2D eigenvalue weighted by Gasteiger charge is -2.23. The number of aromatic amines is 1. The summed E-state index contributed by atoms with van der Waals surface area (Å²) in [6, 6.07) is 6.64. The number of benzene rings is 1. The van der Waals surface area contributed by atoms with Gasteiger partial charge in [0.1, 0.15) is 5.82 Å². The van der Waals surface area contributed by atoms with Crippen LogP contribution in [0.1, 0.15) is 18.7 Å². The molecular weight excluding hydrogens is 246 g/mol. The highest BCUT2D eigenvalue weighted by molar-refractivity contribution is 7.85. The lowest BCUT2D eigenvalue weighted by molar-refractivity contribution is 0.624. The molecule has 2 heterocycles. The summed E-state index contributed by atoms with van der Waals surface area (Å²) in [6.45, 7) is 1.96. The highest BCUT2D eigenvalue weighted by Gasteiger charge is 2.17. The Morgan fingerprint density at radius 3 is 2.94 bits per heavy atom. The summed E-state index contributed by atoms with van der Waals surface area (Å²) in [5.74, 6) is 2.59. The van der Waals surface area contributed by atoms with Crippen molar-refractivity contribution in [2.75, 3.05) is 16.8 Å². The highest BCUT2D eigenvalue weighted by Crippen LogP contribution is 2.20. The van der Waals surface area contributed by atoms with E-state index in [-0.39, 0.29) is 0 Å². The van der Waals surface area contributed by atoms with Gasteiger partial charge in [0, 0.05) is 34.0 Å².